The van der Waals surface area contributed by atoms with Crippen molar-refractivity contribution in [2.45, 2.75) is 0 Å². The minimum atomic E-state index is 0.805. The Morgan fingerprint density at radius 2 is 1.14 bits per heavy atom. The largest absolute Gasteiger partial charge is 0.454 e. The average molecular weight is 653 g/mol. The Morgan fingerprint density at radius 3 is 1.82 bits per heavy atom. The zero-order valence-electron chi connectivity index (χ0n) is 27.6. The molecule has 0 fully saturated rings. The number of para-hydroxylation sites is 1. The third-order valence-electron chi connectivity index (χ3n) is 9.81. The minimum Gasteiger partial charge on any atom is -0.454 e. The van der Waals surface area contributed by atoms with Gasteiger partial charge in [-0.05, 0) is 76.9 Å². The number of aromatic nitrogens is 1. The van der Waals surface area contributed by atoms with Crippen molar-refractivity contribution in [3.63, 3.8) is 0 Å². The van der Waals surface area contributed by atoms with E-state index in [9.17, 15) is 0 Å². The Morgan fingerprint density at radius 1 is 0.529 bits per heavy atom. The van der Waals surface area contributed by atoms with Crippen molar-refractivity contribution in [3.05, 3.63) is 180 Å². The van der Waals surface area contributed by atoms with E-state index in [0.29, 0.717) is 0 Å². The lowest BCUT2D eigenvalue weighted by atomic mass is 10.00. The number of anilines is 3. The molecular formula is C47H30N3O+. The van der Waals surface area contributed by atoms with Crippen LogP contribution in [-0.2, 0) is 0 Å². The van der Waals surface area contributed by atoms with Crippen LogP contribution in [0.5, 0.6) is 0 Å². The van der Waals surface area contributed by atoms with E-state index >= 15 is 0 Å². The predicted octanol–water partition coefficient (Wildman–Crippen LogP) is 10.2. The van der Waals surface area contributed by atoms with Gasteiger partial charge in [-0.2, -0.15) is 0 Å². The van der Waals surface area contributed by atoms with Crippen LogP contribution < -0.4 is 20.1 Å². The fraction of sp³-hybridized carbons (Fsp3) is 0. The Kier molecular flexibility index (Phi) is 6.73. The Labute approximate surface area is 294 Å². The number of nitrogens with zero attached hydrogens (tertiary/aromatic N) is 3. The second-order valence-electron chi connectivity index (χ2n) is 12.8. The van der Waals surface area contributed by atoms with Crippen LogP contribution in [0.3, 0.4) is 0 Å². The zero-order valence-corrected chi connectivity index (χ0v) is 27.6. The lowest BCUT2D eigenvalue weighted by Crippen LogP contribution is -2.25. The predicted molar refractivity (Wildman–Crippen MR) is 211 cm³/mol. The molecule has 0 amide bonds. The molecule has 0 bridgehead atoms. The van der Waals surface area contributed by atoms with E-state index in [1.807, 2.05) is 36.6 Å². The third-order valence-corrected chi connectivity index (χ3v) is 9.81. The quantitative estimate of drug-likeness (QED) is 0.168. The molecule has 0 saturated heterocycles. The molecule has 0 N–H and O–H groups in total. The number of benzene rings is 7. The first-order valence-electron chi connectivity index (χ1n) is 17.2. The minimum absolute atomic E-state index is 0.805. The van der Waals surface area contributed by atoms with Gasteiger partial charge < -0.3 is 9.32 Å². The average Bonchev–Trinajstić information content (AvgIpc) is 3.85. The summed E-state index contributed by atoms with van der Waals surface area (Å²) in [5.41, 5.74) is 12.2. The molecular weight excluding hydrogens is 623 g/mol. The molecule has 1 aliphatic heterocycles. The van der Waals surface area contributed by atoms with Crippen molar-refractivity contribution in [2.24, 2.45) is 0 Å². The maximum atomic E-state index is 6.82. The molecule has 3 heterocycles. The van der Waals surface area contributed by atoms with Gasteiger partial charge in [-0.25, -0.2) is 4.98 Å². The Balaban J connectivity index is 1.19. The van der Waals surface area contributed by atoms with Gasteiger partial charge in [0.25, 0.3) is 6.21 Å². The number of hydrogen-bond acceptors (Lipinski definition) is 3. The summed E-state index contributed by atoms with van der Waals surface area (Å²) in [6.45, 7) is 0. The van der Waals surface area contributed by atoms with Crippen LogP contribution in [0.25, 0.3) is 72.4 Å². The molecule has 4 nitrogen and oxygen atoms in total. The molecule has 7 aromatic carbocycles. The zero-order chi connectivity index (χ0) is 33.7. The van der Waals surface area contributed by atoms with Crippen molar-refractivity contribution >= 4 is 62.2 Å². The van der Waals surface area contributed by atoms with Crippen molar-refractivity contribution in [2.75, 3.05) is 4.90 Å². The molecule has 0 spiro atoms. The summed E-state index contributed by atoms with van der Waals surface area (Å²) in [5, 5.41) is 5.16. The number of pyridine rings is 1. The number of furan rings is 1. The monoisotopic (exact) mass is 652 g/mol. The summed E-state index contributed by atoms with van der Waals surface area (Å²) in [4.78, 5) is 7.53. The second kappa shape index (κ2) is 11.9. The van der Waals surface area contributed by atoms with E-state index in [0.717, 1.165) is 71.7 Å². The fourth-order valence-electron chi connectivity index (χ4n) is 7.30. The lowest BCUT2D eigenvalue weighted by molar-refractivity contribution is 0.669. The molecule has 0 atom stereocenters. The summed E-state index contributed by atoms with van der Waals surface area (Å²) in [7, 11) is 0. The van der Waals surface area contributed by atoms with E-state index in [2.05, 4.69) is 155 Å². The fourth-order valence-corrected chi connectivity index (χ4v) is 7.30. The topological polar surface area (TPSA) is 43.4 Å². The maximum absolute atomic E-state index is 6.82. The van der Waals surface area contributed by atoms with Gasteiger partial charge in [-0.15, -0.1) is 0 Å². The van der Waals surface area contributed by atoms with Crippen molar-refractivity contribution in [1.29, 1.82) is 0 Å². The normalized spacial score (nSPS) is 11.8. The molecule has 4 heteroatoms. The van der Waals surface area contributed by atoms with Crippen molar-refractivity contribution < 1.29 is 4.42 Å². The first kappa shape index (κ1) is 29.0. The number of rotatable bonds is 6. The van der Waals surface area contributed by atoms with E-state index in [1.165, 1.54) is 22.3 Å². The Bertz CT molecular complexity index is 2840. The van der Waals surface area contributed by atoms with E-state index in [-0.39, 0.29) is 0 Å². The van der Waals surface area contributed by atoms with Crippen molar-refractivity contribution in [3.8, 4) is 33.5 Å². The highest BCUT2D eigenvalue weighted by Crippen LogP contribution is 2.46. The first-order valence-corrected chi connectivity index (χ1v) is 17.2. The molecule has 9 aromatic rings. The highest BCUT2D eigenvalue weighted by atomic mass is 16.3. The number of fused-ring (bicyclic) bond motifs is 6. The van der Waals surface area contributed by atoms with Gasteiger partial charge >= 0.3 is 5.36 Å². The highest BCUT2D eigenvalue weighted by molar-refractivity contribution is 6.16. The molecule has 0 aliphatic carbocycles. The summed E-state index contributed by atoms with van der Waals surface area (Å²) in [6.07, 6.45) is 3.88. The van der Waals surface area contributed by atoms with Crippen LogP contribution in [0, 0.1) is 0 Å². The summed E-state index contributed by atoms with van der Waals surface area (Å²) in [6, 6.07) is 59.6. The molecule has 10 rings (SSSR count). The van der Waals surface area contributed by atoms with Gasteiger partial charge in [-0.1, -0.05) is 120 Å². The van der Waals surface area contributed by atoms with Gasteiger partial charge in [0, 0.05) is 39.2 Å². The van der Waals surface area contributed by atoms with Gasteiger partial charge in [0.05, 0.1) is 16.6 Å². The first-order chi connectivity index (χ1) is 25.3. The van der Waals surface area contributed by atoms with Crippen LogP contribution in [0.15, 0.2) is 174 Å². The van der Waals surface area contributed by atoms with E-state index < -0.39 is 0 Å². The van der Waals surface area contributed by atoms with Crippen LogP contribution in [0.2, 0.25) is 0 Å². The third kappa shape index (κ3) is 4.94. The highest BCUT2D eigenvalue weighted by Gasteiger charge is 2.23. The second-order valence-corrected chi connectivity index (χ2v) is 12.8. The lowest BCUT2D eigenvalue weighted by Gasteiger charge is -2.26. The smallest absolute Gasteiger partial charge is 0.360 e. The molecule has 238 valence electrons. The molecule has 0 saturated carbocycles. The molecule has 1 aliphatic rings. The van der Waals surface area contributed by atoms with Crippen LogP contribution in [0.1, 0.15) is 0 Å². The molecule has 51 heavy (non-hydrogen) atoms. The van der Waals surface area contributed by atoms with Gasteiger partial charge in [-0.3, -0.25) is 0 Å². The SMILES string of the molecule is C1=[N+]=c2c(ccc3ccc(-c4ccc(N(c5ccc(-c6ccccc6)cc5)c5ccc(-c6ccccc6)cc5)c5oc6ccccc6c45)nc23)=C1. The summed E-state index contributed by atoms with van der Waals surface area (Å²) >= 11 is 0. The summed E-state index contributed by atoms with van der Waals surface area (Å²) < 4.78 is 11.5. The van der Waals surface area contributed by atoms with Crippen LogP contribution >= 0.6 is 0 Å². The van der Waals surface area contributed by atoms with Gasteiger partial charge in [0.2, 0.25) is 0 Å². The molecule has 2 aromatic heterocycles. The van der Waals surface area contributed by atoms with Crippen LogP contribution in [0.4, 0.5) is 17.1 Å². The maximum Gasteiger partial charge on any atom is 0.360 e. The van der Waals surface area contributed by atoms with Gasteiger partial charge in [0.15, 0.2) is 11.1 Å². The van der Waals surface area contributed by atoms with E-state index in [1.54, 1.807) is 0 Å². The molecule has 0 unspecified atom stereocenters. The molecule has 0 radical (unpaired) electrons. The number of hydrogen-bond donors (Lipinski definition) is 0. The standard InChI is InChI=1S/C47H30N3O/c1-3-9-31(10-4-1)33-17-22-37(23-18-33)50(38-24-19-34(20-25-38)32-11-5-2-6-12-32)42-28-26-39(44-40-13-7-8-14-43(40)51-47(42)44)41-27-21-35-15-16-36-29-30-48-45(36)46(35)49-41/h1-30H/q+1. The van der Waals surface area contributed by atoms with Gasteiger partial charge in [0.1, 0.15) is 5.58 Å². The Hall–Kier alpha value is -7.00. The van der Waals surface area contributed by atoms with Crippen molar-refractivity contribution in [1.82, 2.24) is 9.65 Å². The van der Waals surface area contributed by atoms with Crippen LogP contribution in [-0.4, -0.2) is 11.2 Å². The summed E-state index contributed by atoms with van der Waals surface area (Å²) in [5.74, 6) is 0. The van der Waals surface area contributed by atoms with E-state index in [4.69, 9.17) is 9.40 Å².